The second-order valence-corrected chi connectivity index (χ2v) is 18.4. The maximum Gasteiger partial charge on any atom is 0.0529 e. The first-order valence-electron chi connectivity index (χ1n) is 23.8. The second-order valence-electron chi connectivity index (χ2n) is 18.4. The summed E-state index contributed by atoms with van der Waals surface area (Å²) in [7, 11) is 0. The summed E-state index contributed by atoms with van der Waals surface area (Å²) < 4.78 is 0. The van der Waals surface area contributed by atoms with Gasteiger partial charge in [0, 0.05) is 23.0 Å². The summed E-state index contributed by atoms with van der Waals surface area (Å²) in [6.07, 6.45) is 23.9. The van der Waals surface area contributed by atoms with Gasteiger partial charge in [-0.1, -0.05) is 225 Å². The molecular formula is C66H51N. The third-order valence-corrected chi connectivity index (χ3v) is 14.6. The lowest BCUT2D eigenvalue weighted by molar-refractivity contribution is 0.457. The molecule has 0 amide bonds. The summed E-state index contributed by atoms with van der Waals surface area (Å²) in [5.74, 6) is 1.13. The van der Waals surface area contributed by atoms with Crippen LogP contribution in [0.4, 0.5) is 17.1 Å². The second kappa shape index (κ2) is 17.1. The monoisotopic (exact) mass is 857 g/mol. The SMILES string of the molecule is CC1C=C(c2cccc(-c3ccc(N(c4cccc(-c5ccccc5-c5ccccc5)c4)c4ccc5c(c4)C(c4ccccc4)(C4C=CC=CC4)c4ccccc4-5)cc3)c2)C=C2C=CC=CC21. The maximum atomic E-state index is 2.51. The van der Waals surface area contributed by atoms with Gasteiger partial charge in [-0.25, -0.2) is 0 Å². The molecule has 0 aliphatic heterocycles. The van der Waals surface area contributed by atoms with E-state index in [1.54, 1.807) is 0 Å². The van der Waals surface area contributed by atoms with Gasteiger partial charge in [-0.3, -0.25) is 0 Å². The minimum Gasteiger partial charge on any atom is -0.310 e. The van der Waals surface area contributed by atoms with Crippen LogP contribution in [0.3, 0.4) is 0 Å². The van der Waals surface area contributed by atoms with Crippen molar-refractivity contribution in [3.05, 3.63) is 289 Å². The van der Waals surface area contributed by atoms with Crippen LogP contribution in [-0.4, -0.2) is 0 Å². The van der Waals surface area contributed by atoms with Gasteiger partial charge in [0.25, 0.3) is 0 Å². The molecular weight excluding hydrogens is 807 g/mol. The Bertz CT molecular complexity index is 3340. The van der Waals surface area contributed by atoms with Gasteiger partial charge in [0.05, 0.1) is 5.41 Å². The molecule has 0 bridgehead atoms. The first-order valence-corrected chi connectivity index (χ1v) is 23.8. The molecule has 1 nitrogen and oxygen atoms in total. The number of anilines is 3. The van der Waals surface area contributed by atoms with Gasteiger partial charge in [-0.15, -0.1) is 0 Å². The van der Waals surface area contributed by atoms with Crippen molar-refractivity contribution in [1.82, 2.24) is 0 Å². The summed E-state index contributed by atoms with van der Waals surface area (Å²) in [5.41, 5.74) is 20.8. The Hall–Kier alpha value is -8.00. The number of fused-ring (bicyclic) bond motifs is 4. The van der Waals surface area contributed by atoms with Gasteiger partial charge >= 0.3 is 0 Å². The standard InChI is InChI=1S/C66H51N/c1-46-41-53(43-51-21-11-12-30-59(46)51)50-23-17-22-49(42-50)47-35-37-56(38-36-47)67(57-29-18-24-52(44-57)61-32-14-13-31-60(61)48-19-5-2-6-20-48)58-39-40-63-62-33-15-16-34-64(62)66(65(63)45-58,54-25-7-3-8-26-54)55-27-9-4-10-28-55/h2-27,29-46,55,59H,28H2,1H3. The van der Waals surface area contributed by atoms with E-state index in [0.29, 0.717) is 11.8 Å². The van der Waals surface area contributed by atoms with Crippen molar-refractivity contribution < 1.29 is 0 Å². The Balaban J connectivity index is 1.01. The van der Waals surface area contributed by atoms with E-state index in [-0.39, 0.29) is 11.3 Å². The summed E-state index contributed by atoms with van der Waals surface area (Å²) in [4.78, 5) is 2.47. The van der Waals surface area contributed by atoms with Crippen LogP contribution in [0.5, 0.6) is 0 Å². The molecule has 0 radical (unpaired) electrons. The van der Waals surface area contributed by atoms with Gasteiger partial charge < -0.3 is 4.90 Å². The van der Waals surface area contributed by atoms with Crippen LogP contribution in [0.2, 0.25) is 0 Å². The molecule has 67 heavy (non-hydrogen) atoms. The van der Waals surface area contributed by atoms with E-state index >= 15 is 0 Å². The third kappa shape index (κ3) is 7.11. The van der Waals surface area contributed by atoms with Gasteiger partial charge in [0.1, 0.15) is 0 Å². The van der Waals surface area contributed by atoms with Crippen molar-refractivity contribution >= 4 is 22.6 Å². The minimum atomic E-state index is -0.381. The molecule has 320 valence electrons. The summed E-state index contributed by atoms with van der Waals surface area (Å²) in [6.45, 7) is 2.33. The molecule has 4 unspecified atom stereocenters. The number of hydrogen-bond acceptors (Lipinski definition) is 1. The molecule has 0 heterocycles. The first-order chi connectivity index (χ1) is 33.1. The predicted octanol–water partition coefficient (Wildman–Crippen LogP) is 17.3. The molecule has 1 heteroatoms. The highest BCUT2D eigenvalue weighted by atomic mass is 15.1. The third-order valence-electron chi connectivity index (χ3n) is 14.6. The Labute approximate surface area is 395 Å². The molecule has 0 fully saturated rings. The molecule has 0 saturated carbocycles. The van der Waals surface area contributed by atoms with Gasteiger partial charge in [-0.2, -0.15) is 0 Å². The molecule has 0 N–H and O–H groups in total. The van der Waals surface area contributed by atoms with Crippen LogP contribution in [0, 0.1) is 17.8 Å². The fourth-order valence-electron chi connectivity index (χ4n) is 11.5. The van der Waals surface area contributed by atoms with E-state index < -0.39 is 0 Å². The zero-order chi connectivity index (χ0) is 44.7. The highest BCUT2D eigenvalue weighted by Gasteiger charge is 2.49. The number of allylic oxidation sites excluding steroid dienone is 12. The topological polar surface area (TPSA) is 3.24 Å². The van der Waals surface area contributed by atoms with Gasteiger partial charge in [0.2, 0.25) is 0 Å². The summed E-state index contributed by atoms with van der Waals surface area (Å²) in [6, 6.07) is 74.5. The average Bonchev–Trinajstić information content (AvgIpc) is 3.70. The Morgan fingerprint density at radius 1 is 0.448 bits per heavy atom. The Kier molecular flexibility index (Phi) is 10.3. The van der Waals surface area contributed by atoms with Gasteiger partial charge in [-0.05, 0) is 139 Å². The number of nitrogens with zero attached hydrogens (tertiary/aromatic N) is 1. The molecule has 8 aromatic rings. The van der Waals surface area contributed by atoms with Crippen LogP contribution < -0.4 is 4.90 Å². The highest BCUT2D eigenvalue weighted by molar-refractivity contribution is 5.90. The van der Waals surface area contributed by atoms with Crippen LogP contribution >= 0.6 is 0 Å². The zero-order valence-corrected chi connectivity index (χ0v) is 37.7. The van der Waals surface area contributed by atoms with Crippen molar-refractivity contribution in [2.24, 2.45) is 17.8 Å². The maximum absolute atomic E-state index is 2.51. The summed E-state index contributed by atoms with van der Waals surface area (Å²) in [5, 5.41) is 0. The molecule has 0 aromatic heterocycles. The average molecular weight is 858 g/mol. The van der Waals surface area contributed by atoms with E-state index in [0.717, 1.165) is 23.5 Å². The quantitative estimate of drug-likeness (QED) is 0.140. The highest BCUT2D eigenvalue weighted by Crippen LogP contribution is 2.59. The van der Waals surface area contributed by atoms with Crippen LogP contribution in [0.15, 0.2) is 267 Å². The van der Waals surface area contributed by atoms with Crippen molar-refractivity contribution in [3.63, 3.8) is 0 Å². The normalized spacial score (nSPS) is 19.8. The van der Waals surface area contributed by atoms with Crippen LogP contribution in [-0.2, 0) is 5.41 Å². The van der Waals surface area contributed by atoms with E-state index in [4.69, 9.17) is 0 Å². The van der Waals surface area contributed by atoms with Crippen molar-refractivity contribution in [2.45, 2.75) is 18.8 Å². The van der Waals surface area contributed by atoms with Crippen molar-refractivity contribution in [2.75, 3.05) is 4.90 Å². The Morgan fingerprint density at radius 2 is 1.09 bits per heavy atom. The number of rotatable bonds is 9. The first kappa shape index (κ1) is 40.5. The molecule has 0 saturated heterocycles. The van der Waals surface area contributed by atoms with E-state index in [1.165, 1.54) is 77.9 Å². The smallest absolute Gasteiger partial charge is 0.0529 e. The molecule has 4 aliphatic rings. The number of hydrogen-bond donors (Lipinski definition) is 0. The van der Waals surface area contributed by atoms with E-state index in [9.17, 15) is 0 Å². The molecule has 12 rings (SSSR count). The zero-order valence-electron chi connectivity index (χ0n) is 37.7. The molecule has 4 aliphatic carbocycles. The lowest BCUT2D eigenvalue weighted by atomic mass is 9.62. The van der Waals surface area contributed by atoms with Gasteiger partial charge in [0.15, 0.2) is 0 Å². The lowest BCUT2D eigenvalue weighted by Gasteiger charge is -2.40. The van der Waals surface area contributed by atoms with E-state index in [2.05, 4.69) is 273 Å². The van der Waals surface area contributed by atoms with Crippen LogP contribution in [0.1, 0.15) is 35.6 Å². The fraction of sp³-hybridized carbons (Fsp3) is 0.0909. The molecule has 0 spiro atoms. The molecule has 8 aromatic carbocycles. The minimum absolute atomic E-state index is 0.236. The predicted molar refractivity (Wildman–Crippen MR) is 283 cm³/mol. The van der Waals surface area contributed by atoms with E-state index in [1.807, 2.05) is 0 Å². The van der Waals surface area contributed by atoms with Crippen LogP contribution in [0.25, 0.3) is 50.1 Å². The number of benzene rings is 8. The lowest BCUT2D eigenvalue weighted by Crippen LogP contribution is -2.35. The molecule has 4 atom stereocenters. The summed E-state index contributed by atoms with van der Waals surface area (Å²) >= 11 is 0. The Morgan fingerprint density at radius 3 is 1.90 bits per heavy atom. The van der Waals surface area contributed by atoms with Crippen molar-refractivity contribution in [3.8, 4) is 44.5 Å². The van der Waals surface area contributed by atoms with Crippen molar-refractivity contribution in [1.29, 1.82) is 0 Å². The fourth-order valence-corrected chi connectivity index (χ4v) is 11.5. The largest absolute Gasteiger partial charge is 0.310 e.